The van der Waals surface area contributed by atoms with Crippen LogP contribution in [0, 0.1) is 5.92 Å². The lowest BCUT2D eigenvalue weighted by molar-refractivity contribution is 0.396. The first kappa shape index (κ1) is 15.5. The van der Waals surface area contributed by atoms with Crippen molar-refractivity contribution in [2.24, 2.45) is 5.92 Å². The molecule has 0 fully saturated rings. The lowest BCUT2D eigenvalue weighted by Gasteiger charge is -2.22. The summed E-state index contributed by atoms with van der Waals surface area (Å²) in [5.74, 6) is 1.79. The molecule has 0 radical (unpaired) electrons. The number of nitrogens with one attached hydrogen (secondary N) is 1. The monoisotopic (exact) mass is 284 g/mol. The van der Waals surface area contributed by atoms with E-state index in [9.17, 15) is 0 Å². The molecule has 1 atom stereocenters. The van der Waals surface area contributed by atoms with Crippen LogP contribution in [0.5, 0.6) is 5.88 Å². The Morgan fingerprint density at radius 3 is 2.57 bits per heavy atom. The number of hydrogen-bond donors (Lipinski definition) is 1. The van der Waals surface area contributed by atoms with Crippen LogP contribution < -0.4 is 10.1 Å². The summed E-state index contributed by atoms with van der Waals surface area (Å²) >= 11 is 0. The topological polar surface area (TPSA) is 34.1 Å². The van der Waals surface area contributed by atoms with Gasteiger partial charge in [-0.05, 0) is 29.0 Å². The normalized spacial score (nSPS) is 12.4. The first-order chi connectivity index (χ1) is 10.2. The quantitative estimate of drug-likeness (QED) is 0.843. The molecule has 0 aliphatic heterocycles. The Balaban J connectivity index is 1.93. The van der Waals surface area contributed by atoms with Crippen LogP contribution >= 0.6 is 0 Å². The molecule has 112 valence electrons. The molecule has 21 heavy (non-hydrogen) atoms. The second-order valence-electron chi connectivity index (χ2n) is 5.60. The second-order valence-corrected chi connectivity index (χ2v) is 5.60. The summed E-state index contributed by atoms with van der Waals surface area (Å²) < 4.78 is 5.15. The zero-order valence-electron chi connectivity index (χ0n) is 13.0. The fourth-order valence-electron chi connectivity index (χ4n) is 2.48. The van der Waals surface area contributed by atoms with E-state index >= 15 is 0 Å². The third kappa shape index (κ3) is 4.57. The maximum atomic E-state index is 5.15. The number of ether oxygens (including phenoxy) is 1. The van der Waals surface area contributed by atoms with Crippen LogP contribution in [0.25, 0.3) is 0 Å². The Morgan fingerprint density at radius 2 is 1.90 bits per heavy atom. The Morgan fingerprint density at radius 1 is 1.14 bits per heavy atom. The minimum Gasteiger partial charge on any atom is -0.481 e. The average molecular weight is 284 g/mol. The first-order valence-corrected chi connectivity index (χ1v) is 7.45. The molecule has 0 aliphatic carbocycles. The highest BCUT2D eigenvalue weighted by Crippen LogP contribution is 2.23. The highest BCUT2D eigenvalue weighted by Gasteiger charge is 2.14. The number of pyridine rings is 1. The molecule has 2 aromatic rings. The molecule has 0 spiro atoms. The lowest BCUT2D eigenvalue weighted by atomic mass is 9.88. The molecule has 3 heteroatoms. The molecule has 0 amide bonds. The Bertz CT molecular complexity index is 540. The van der Waals surface area contributed by atoms with Gasteiger partial charge in [-0.15, -0.1) is 0 Å². The van der Waals surface area contributed by atoms with Gasteiger partial charge in [0.05, 0.1) is 7.11 Å². The van der Waals surface area contributed by atoms with E-state index in [4.69, 9.17) is 4.74 Å². The van der Waals surface area contributed by atoms with Gasteiger partial charge in [-0.2, -0.15) is 0 Å². The zero-order valence-corrected chi connectivity index (χ0v) is 13.0. The molecule has 0 bridgehead atoms. The van der Waals surface area contributed by atoms with Gasteiger partial charge >= 0.3 is 0 Å². The van der Waals surface area contributed by atoms with Crippen LogP contribution in [-0.4, -0.2) is 18.6 Å². The molecule has 1 aromatic heterocycles. The molecule has 0 saturated carbocycles. The molecule has 1 aromatic carbocycles. The minimum atomic E-state index is 0.523. The van der Waals surface area contributed by atoms with Crippen LogP contribution in [0.4, 0.5) is 0 Å². The summed E-state index contributed by atoms with van der Waals surface area (Å²) in [6.07, 6.45) is 1.78. The van der Waals surface area contributed by atoms with Gasteiger partial charge in [0.25, 0.3) is 0 Å². The van der Waals surface area contributed by atoms with E-state index < -0.39 is 0 Å². The number of aromatic nitrogens is 1. The van der Waals surface area contributed by atoms with Crippen LogP contribution in [0.15, 0.2) is 48.7 Å². The fraction of sp³-hybridized carbons (Fsp3) is 0.389. The zero-order chi connectivity index (χ0) is 15.1. The van der Waals surface area contributed by atoms with Crippen molar-refractivity contribution in [2.75, 3.05) is 13.7 Å². The van der Waals surface area contributed by atoms with Gasteiger partial charge in [-0.1, -0.05) is 44.2 Å². The maximum Gasteiger partial charge on any atom is 0.213 e. The number of benzene rings is 1. The van der Waals surface area contributed by atoms with Crippen molar-refractivity contribution in [3.05, 3.63) is 59.8 Å². The van der Waals surface area contributed by atoms with Crippen molar-refractivity contribution in [2.45, 2.75) is 26.3 Å². The van der Waals surface area contributed by atoms with Gasteiger partial charge in [-0.3, -0.25) is 0 Å². The first-order valence-electron chi connectivity index (χ1n) is 7.45. The van der Waals surface area contributed by atoms with Gasteiger partial charge < -0.3 is 10.1 Å². The van der Waals surface area contributed by atoms with Crippen molar-refractivity contribution in [3.8, 4) is 5.88 Å². The third-order valence-corrected chi connectivity index (χ3v) is 3.73. The van der Waals surface area contributed by atoms with E-state index in [-0.39, 0.29) is 0 Å². The van der Waals surface area contributed by atoms with E-state index in [1.165, 1.54) is 11.1 Å². The lowest BCUT2D eigenvalue weighted by Crippen LogP contribution is -2.24. The molecule has 0 aliphatic rings. The molecule has 3 nitrogen and oxygen atoms in total. The number of methoxy groups -OCH3 is 1. The third-order valence-electron chi connectivity index (χ3n) is 3.73. The summed E-state index contributed by atoms with van der Waals surface area (Å²) in [5.41, 5.74) is 2.59. The van der Waals surface area contributed by atoms with Crippen LogP contribution in [0.1, 0.15) is 30.9 Å². The van der Waals surface area contributed by atoms with Gasteiger partial charge in [0.1, 0.15) is 0 Å². The maximum absolute atomic E-state index is 5.15. The van der Waals surface area contributed by atoms with Crippen molar-refractivity contribution < 1.29 is 4.74 Å². The van der Waals surface area contributed by atoms with Crippen LogP contribution in [0.2, 0.25) is 0 Å². The van der Waals surface area contributed by atoms with E-state index in [1.54, 1.807) is 13.3 Å². The van der Waals surface area contributed by atoms with Crippen molar-refractivity contribution in [3.63, 3.8) is 0 Å². The molecule has 0 saturated heterocycles. The predicted octanol–water partition coefficient (Wildman–Crippen LogP) is 3.62. The second kappa shape index (κ2) is 7.79. The Hall–Kier alpha value is -1.87. The minimum absolute atomic E-state index is 0.523. The van der Waals surface area contributed by atoms with E-state index in [1.807, 2.05) is 12.1 Å². The van der Waals surface area contributed by atoms with Gasteiger partial charge in [0, 0.05) is 25.4 Å². The van der Waals surface area contributed by atoms with E-state index in [2.05, 4.69) is 54.5 Å². The SMILES string of the molecule is COc1cc(CNCC(c2ccccc2)C(C)C)ccn1. The molecule has 2 rings (SSSR count). The standard InChI is InChI=1S/C18H24N2O/c1-14(2)17(16-7-5-4-6-8-16)13-19-12-15-9-10-20-18(11-15)21-3/h4-11,14,17,19H,12-13H2,1-3H3. The summed E-state index contributed by atoms with van der Waals surface area (Å²) in [4.78, 5) is 4.13. The average Bonchev–Trinajstić information content (AvgIpc) is 2.52. The predicted molar refractivity (Wildman–Crippen MR) is 86.5 cm³/mol. The number of rotatable bonds is 7. The molecule has 1 N–H and O–H groups in total. The largest absolute Gasteiger partial charge is 0.481 e. The van der Waals surface area contributed by atoms with Crippen LogP contribution in [-0.2, 0) is 6.54 Å². The summed E-state index contributed by atoms with van der Waals surface area (Å²) in [7, 11) is 1.64. The summed E-state index contributed by atoms with van der Waals surface area (Å²) in [6.45, 7) is 6.34. The van der Waals surface area contributed by atoms with E-state index in [0.717, 1.165) is 13.1 Å². The van der Waals surface area contributed by atoms with Crippen LogP contribution in [0.3, 0.4) is 0 Å². The van der Waals surface area contributed by atoms with Gasteiger partial charge in [0.2, 0.25) is 5.88 Å². The smallest absolute Gasteiger partial charge is 0.213 e. The number of hydrogen-bond acceptors (Lipinski definition) is 3. The summed E-state index contributed by atoms with van der Waals surface area (Å²) in [6, 6.07) is 14.7. The molecule has 1 unspecified atom stereocenters. The van der Waals surface area contributed by atoms with Gasteiger partial charge in [0.15, 0.2) is 0 Å². The van der Waals surface area contributed by atoms with E-state index in [0.29, 0.717) is 17.7 Å². The molecule has 1 heterocycles. The molecular weight excluding hydrogens is 260 g/mol. The highest BCUT2D eigenvalue weighted by molar-refractivity contribution is 5.22. The number of nitrogens with zero attached hydrogens (tertiary/aromatic N) is 1. The van der Waals surface area contributed by atoms with Crippen molar-refractivity contribution in [1.82, 2.24) is 10.3 Å². The molecular formula is C18H24N2O. The van der Waals surface area contributed by atoms with Crippen molar-refractivity contribution in [1.29, 1.82) is 0 Å². The summed E-state index contributed by atoms with van der Waals surface area (Å²) in [5, 5.41) is 3.55. The Kier molecular flexibility index (Phi) is 5.76. The Labute approximate surface area is 127 Å². The van der Waals surface area contributed by atoms with Gasteiger partial charge in [-0.25, -0.2) is 4.98 Å². The fourth-order valence-corrected chi connectivity index (χ4v) is 2.48. The highest BCUT2D eigenvalue weighted by atomic mass is 16.5. The van der Waals surface area contributed by atoms with Crippen molar-refractivity contribution >= 4 is 0 Å².